The molecule has 84 valence electrons. The molecule has 0 atom stereocenters. The second kappa shape index (κ2) is 5.28. The molecule has 1 fully saturated rings. The Morgan fingerprint density at radius 2 is 2.27 bits per heavy atom. The third kappa shape index (κ3) is 3.32. The summed E-state index contributed by atoms with van der Waals surface area (Å²) in [6, 6.07) is 0. The maximum absolute atomic E-state index is 5.37. The summed E-state index contributed by atoms with van der Waals surface area (Å²) in [6.45, 7) is 7.34. The largest absolute Gasteiger partial charge is 0.445 e. The molecule has 0 amide bonds. The van der Waals surface area contributed by atoms with Crippen molar-refractivity contribution in [1.82, 2.24) is 15.2 Å². The van der Waals surface area contributed by atoms with E-state index < -0.39 is 0 Å². The molecule has 2 heterocycles. The van der Waals surface area contributed by atoms with Gasteiger partial charge >= 0.3 is 0 Å². The van der Waals surface area contributed by atoms with Crippen LogP contribution in [0.1, 0.15) is 24.5 Å². The van der Waals surface area contributed by atoms with E-state index in [-0.39, 0.29) is 0 Å². The Bertz CT molecular complexity index is 292. The molecule has 0 bridgehead atoms. The Morgan fingerprint density at radius 3 is 2.93 bits per heavy atom. The van der Waals surface area contributed by atoms with Crippen LogP contribution in [0, 0.1) is 6.92 Å². The van der Waals surface area contributed by atoms with Crippen LogP contribution in [-0.2, 0) is 6.54 Å². The standard InChI is InChI=1S/C11H19N3O/c1-10-8-13-11(15-10)9-12-4-7-14-5-2-3-6-14/h8,12H,2-7,9H2,1H3. The number of aryl methyl sites for hydroxylation is 1. The van der Waals surface area contributed by atoms with Gasteiger partial charge in [0.05, 0.1) is 12.7 Å². The quantitative estimate of drug-likeness (QED) is 0.739. The molecule has 15 heavy (non-hydrogen) atoms. The summed E-state index contributed by atoms with van der Waals surface area (Å²) in [5.74, 6) is 1.67. The van der Waals surface area contributed by atoms with Gasteiger partial charge in [-0.05, 0) is 32.9 Å². The summed E-state index contributed by atoms with van der Waals surface area (Å²) in [4.78, 5) is 6.64. The van der Waals surface area contributed by atoms with Crippen LogP contribution in [0.5, 0.6) is 0 Å². The van der Waals surface area contributed by atoms with E-state index in [1.54, 1.807) is 6.20 Å². The third-order valence-electron chi connectivity index (χ3n) is 2.75. The molecule has 1 aromatic rings. The van der Waals surface area contributed by atoms with Gasteiger partial charge < -0.3 is 14.6 Å². The van der Waals surface area contributed by atoms with E-state index in [4.69, 9.17) is 4.42 Å². The highest BCUT2D eigenvalue weighted by Gasteiger charge is 2.10. The fourth-order valence-electron chi connectivity index (χ4n) is 1.92. The number of likely N-dealkylation sites (tertiary alicyclic amines) is 1. The van der Waals surface area contributed by atoms with Crippen LogP contribution in [-0.4, -0.2) is 36.1 Å². The molecule has 2 rings (SSSR count). The van der Waals surface area contributed by atoms with E-state index >= 15 is 0 Å². The molecule has 1 aliphatic rings. The number of hydrogen-bond acceptors (Lipinski definition) is 4. The molecule has 0 aromatic carbocycles. The summed E-state index contributed by atoms with van der Waals surface area (Å²) in [7, 11) is 0. The molecule has 4 nitrogen and oxygen atoms in total. The van der Waals surface area contributed by atoms with Crippen LogP contribution in [0.15, 0.2) is 10.6 Å². The number of oxazole rings is 1. The van der Waals surface area contributed by atoms with Gasteiger partial charge in [0.2, 0.25) is 5.89 Å². The van der Waals surface area contributed by atoms with Crippen molar-refractivity contribution in [3.05, 3.63) is 17.8 Å². The number of aromatic nitrogens is 1. The zero-order valence-electron chi connectivity index (χ0n) is 9.33. The molecule has 0 aliphatic carbocycles. The predicted molar refractivity (Wildman–Crippen MR) is 58.6 cm³/mol. The average Bonchev–Trinajstić information content (AvgIpc) is 2.84. The van der Waals surface area contributed by atoms with Gasteiger partial charge in [-0.2, -0.15) is 0 Å². The zero-order chi connectivity index (χ0) is 10.5. The van der Waals surface area contributed by atoms with E-state index in [0.717, 1.165) is 31.3 Å². The lowest BCUT2D eigenvalue weighted by atomic mass is 10.4. The van der Waals surface area contributed by atoms with Gasteiger partial charge in [-0.1, -0.05) is 0 Å². The van der Waals surface area contributed by atoms with E-state index in [1.165, 1.54) is 25.9 Å². The lowest BCUT2D eigenvalue weighted by molar-refractivity contribution is 0.331. The monoisotopic (exact) mass is 209 g/mol. The van der Waals surface area contributed by atoms with Crippen LogP contribution in [0.3, 0.4) is 0 Å². The van der Waals surface area contributed by atoms with E-state index in [9.17, 15) is 0 Å². The third-order valence-corrected chi connectivity index (χ3v) is 2.75. The summed E-state index contributed by atoms with van der Waals surface area (Å²) in [6.07, 6.45) is 4.48. The first-order valence-electron chi connectivity index (χ1n) is 5.69. The zero-order valence-corrected chi connectivity index (χ0v) is 9.33. The van der Waals surface area contributed by atoms with Gasteiger partial charge in [-0.15, -0.1) is 0 Å². The predicted octanol–water partition coefficient (Wildman–Crippen LogP) is 1.17. The molecule has 0 unspecified atom stereocenters. The van der Waals surface area contributed by atoms with E-state index in [0.29, 0.717) is 0 Å². The Morgan fingerprint density at radius 1 is 1.47 bits per heavy atom. The molecule has 1 saturated heterocycles. The Labute approximate surface area is 90.7 Å². The summed E-state index contributed by atoms with van der Waals surface area (Å²) < 4.78 is 5.37. The van der Waals surface area contributed by atoms with E-state index in [2.05, 4.69) is 15.2 Å². The van der Waals surface area contributed by atoms with Crippen molar-refractivity contribution >= 4 is 0 Å². The van der Waals surface area contributed by atoms with Crippen molar-refractivity contribution in [3.8, 4) is 0 Å². The van der Waals surface area contributed by atoms with Crippen molar-refractivity contribution in [2.45, 2.75) is 26.3 Å². The SMILES string of the molecule is Cc1cnc(CNCCN2CCCC2)o1. The lowest BCUT2D eigenvalue weighted by Gasteiger charge is -2.13. The second-order valence-corrected chi connectivity index (χ2v) is 4.09. The maximum Gasteiger partial charge on any atom is 0.208 e. The highest BCUT2D eigenvalue weighted by Crippen LogP contribution is 2.05. The highest BCUT2D eigenvalue weighted by atomic mass is 16.4. The normalized spacial score (nSPS) is 17.4. The van der Waals surface area contributed by atoms with Gasteiger partial charge in [0, 0.05) is 13.1 Å². The van der Waals surface area contributed by atoms with Crippen molar-refractivity contribution in [2.75, 3.05) is 26.2 Å². The fraction of sp³-hybridized carbons (Fsp3) is 0.727. The van der Waals surface area contributed by atoms with Gasteiger partial charge in [0.25, 0.3) is 0 Å². The van der Waals surface area contributed by atoms with Crippen molar-refractivity contribution in [2.24, 2.45) is 0 Å². The lowest BCUT2D eigenvalue weighted by Crippen LogP contribution is -2.29. The number of nitrogens with zero attached hydrogens (tertiary/aromatic N) is 2. The molecule has 0 spiro atoms. The smallest absolute Gasteiger partial charge is 0.208 e. The molecular formula is C11H19N3O. The van der Waals surface area contributed by atoms with Crippen LogP contribution >= 0.6 is 0 Å². The summed E-state index contributed by atoms with van der Waals surface area (Å²) in [5.41, 5.74) is 0. The van der Waals surface area contributed by atoms with Gasteiger partial charge in [0.15, 0.2) is 0 Å². The summed E-state index contributed by atoms with van der Waals surface area (Å²) in [5, 5.41) is 3.34. The highest BCUT2D eigenvalue weighted by molar-refractivity contribution is 4.90. The first kappa shape index (κ1) is 10.6. The number of hydrogen-bond donors (Lipinski definition) is 1. The van der Waals surface area contributed by atoms with Crippen LogP contribution in [0.4, 0.5) is 0 Å². The Balaban J connectivity index is 1.58. The minimum absolute atomic E-state index is 0.738. The minimum Gasteiger partial charge on any atom is -0.445 e. The van der Waals surface area contributed by atoms with Crippen LogP contribution < -0.4 is 5.32 Å². The first-order valence-corrected chi connectivity index (χ1v) is 5.69. The Hall–Kier alpha value is -0.870. The molecule has 4 heteroatoms. The van der Waals surface area contributed by atoms with Crippen LogP contribution in [0.25, 0.3) is 0 Å². The molecule has 0 radical (unpaired) electrons. The maximum atomic E-state index is 5.37. The van der Waals surface area contributed by atoms with Crippen molar-refractivity contribution < 1.29 is 4.42 Å². The number of nitrogens with one attached hydrogen (secondary N) is 1. The minimum atomic E-state index is 0.738. The average molecular weight is 209 g/mol. The molecular weight excluding hydrogens is 190 g/mol. The van der Waals surface area contributed by atoms with Crippen LogP contribution in [0.2, 0.25) is 0 Å². The van der Waals surface area contributed by atoms with Gasteiger partial charge in [0.1, 0.15) is 5.76 Å². The Kier molecular flexibility index (Phi) is 3.75. The van der Waals surface area contributed by atoms with Gasteiger partial charge in [-0.3, -0.25) is 0 Å². The number of rotatable bonds is 5. The summed E-state index contributed by atoms with van der Waals surface area (Å²) >= 11 is 0. The fourth-order valence-corrected chi connectivity index (χ4v) is 1.92. The van der Waals surface area contributed by atoms with E-state index in [1.807, 2.05) is 6.92 Å². The molecule has 1 aliphatic heterocycles. The van der Waals surface area contributed by atoms with Gasteiger partial charge in [-0.25, -0.2) is 4.98 Å². The molecule has 1 N–H and O–H groups in total. The molecule has 1 aromatic heterocycles. The second-order valence-electron chi connectivity index (χ2n) is 4.09. The van der Waals surface area contributed by atoms with Crippen molar-refractivity contribution in [1.29, 1.82) is 0 Å². The molecule has 0 saturated carbocycles. The first-order chi connectivity index (χ1) is 7.34. The topological polar surface area (TPSA) is 41.3 Å². The van der Waals surface area contributed by atoms with Crippen molar-refractivity contribution in [3.63, 3.8) is 0 Å².